The number of rotatable bonds is 5. The number of cyclic esters (lactones) is 1. The molecule has 2 rings (SSSR count). The van der Waals surface area contributed by atoms with Crippen molar-refractivity contribution in [3.05, 3.63) is 47.2 Å². The van der Waals surface area contributed by atoms with E-state index in [9.17, 15) is 14.4 Å². The van der Waals surface area contributed by atoms with Crippen molar-refractivity contribution >= 4 is 17.8 Å². The molecule has 0 aliphatic carbocycles. The topological polar surface area (TPSA) is 102 Å². The first kappa shape index (κ1) is 17.5. The van der Waals surface area contributed by atoms with Gasteiger partial charge in [-0.05, 0) is 17.7 Å². The normalized spacial score (nSPS) is 17.3. The third-order valence-electron chi connectivity index (χ3n) is 3.14. The molecule has 1 heterocycles. The third-order valence-corrected chi connectivity index (χ3v) is 3.14. The van der Waals surface area contributed by atoms with Crippen molar-refractivity contribution in [2.24, 2.45) is 0 Å². The Morgan fingerprint density at radius 1 is 1.25 bits per heavy atom. The number of hydrogen-bond acceptors (Lipinski definition) is 6. The summed E-state index contributed by atoms with van der Waals surface area (Å²) in [6.45, 7) is 3.17. The van der Waals surface area contributed by atoms with Crippen molar-refractivity contribution in [1.29, 1.82) is 0 Å². The lowest BCUT2D eigenvalue weighted by Gasteiger charge is -2.18. The van der Waals surface area contributed by atoms with Crippen LogP contribution in [-0.2, 0) is 30.4 Å². The minimum absolute atomic E-state index is 0.0669. The van der Waals surface area contributed by atoms with Crippen molar-refractivity contribution < 1.29 is 33.8 Å². The molecule has 8 nitrogen and oxygen atoms in total. The Hall–Kier alpha value is -2.87. The lowest BCUT2D eigenvalue weighted by Crippen LogP contribution is -2.28. The SMILES string of the molecule is CON(Cc1ccc(C(=O)O)cc1)C(=O)C=C1OC(C)(C)OC1=O. The summed E-state index contributed by atoms with van der Waals surface area (Å²) in [6, 6.07) is 5.99. The van der Waals surface area contributed by atoms with E-state index in [-0.39, 0.29) is 17.9 Å². The molecule has 24 heavy (non-hydrogen) atoms. The average Bonchev–Trinajstić information content (AvgIpc) is 2.77. The zero-order valence-corrected chi connectivity index (χ0v) is 13.4. The summed E-state index contributed by atoms with van der Waals surface area (Å²) in [5.74, 6) is -3.69. The van der Waals surface area contributed by atoms with Crippen LogP contribution >= 0.6 is 0 Å². The van der Waals surface area contributed by atoms with E-state index in [1.807, 2.05) is 0 Å². The van der Waals surface area contributed by atoms with E-state index < -0.39 is 23.6 Å². The van der Waals surface area contributed by atoms with Crippen LogP contribution in [0.1, 0.15) is 29.8 Å². The summed E-state index contributed by atoms with van der Waals surface area (Å²) in [5, 5.41) is 9.87. The van der Waals surface area contributed by atoms with E-state index in [2.05, 4.69) is 0 Å². The van der Waals surface area contributed by atoms with Crippen LogP contribution in [0.5, 0.6) is 0 Å². The fourth-order valence-corrected chi connectivity index (χ4v) is 2.02. The number of nitrogens with zero attached hydrogens (tertiary/aromatic N) is 1. The van der Waals surface area contributed by atoms with Gasteiger partial charge in [0, 0.05) is 13.8 Å². The van der Waals surface area contributed by atoms with E-state index in [0.29, 0.717) is 5.56 Å². The molecule has 8 heteroatoms. The van der Waals surface area contributed by atoms with Crippen molar-refractivity contribution in [2.75, 3.05) is 7.11 Å². The maximum Gasteiger partial charge on any atom is 0.377 e. The number of esters is 1. The lowest BCUT2D eigenvalue weighted by molar-refractivity contribution is -0.173. The standard InChI is InChI=1S/C16H17NO7/c1-16(2)23-12(15(21)24-16)8-13(18)17(22-3)9-10-4-6-11(7-5-10)14(19)20/h4-8H,9H2,1-3H3,(H,19,20). The Balaban J connectivity index is 2.09. The van der Waals surface area contributed by atoms with Gasteiger partial charge < -0.3 is 14.6 Å². The van der Waals surface area contributed by atoms with Gasteiger partial charge in [-0.3, -0.25) is 9.63 Å². The van der Waals surface area contributed by atoms with Crippen molar-refractivity contribution in [3.63, 3.8) is 0 Å². The summed E-state index contributed by atoms with van der Waals surface area (Å²) in [4.78, 5) is 39.6. The van der Waals surface area contributed by atoms with Gasteiger partial charge >= 0.3 is 11.9 Å². The first-order valence-electron chi connectivity index (χ1n) is 7.04. The minimum atomic E-state index is -1.12. The van der Waals surface area contributed by atoms with Gasteiger partial charge in [-0.15, -0.1) is 0 Å². The fraction of sp³-hybridized carbons (Fsp3) is 0.312. The first-order valence-corrected chi connectivity index (χ1v) is 7.04. The molecule has 0 saturated carbocycles. The fourth-order valence-electron chi connectivity index (χ4n) is 2.02. The highest BCUT2D eigenvalue weighted by Gasteiger charge is 2.38. The number of carbonyl (C=O) groups excluding carboxylic acids is 2. The largest absolute Gasteiger partial charge is 0.478 e. The van der Waals surface area contributed by atoms with Gasteiger partial charge in [0.2, 0.25) is 11.5 Å². The molecule has 0 radical (unpaired) electrons. The first-order chi connectivity index (χ1) is 11.2. The van der Waals surface area contributed by atoms with Crippen LogP contribution in [-0.4, -0.2) is 40.9 Å². The minimum Gasteiger partial charge on any atom is -0.478 e. The number of ether oxygens (including phenoxy) is 2. The van der Waals surface area contributed by atoms with E-state index in [0.717, 1.165) is 11.1 Å². The smallest absolute Gasteiger partial charge is 0.377 e. The zero-order valence-electron chi connectivity index (χ0n) is 13.4. The predicted molar refractivity (Wildman–Crippen MR) is 80.3 cm³/mol. The molecule has 1 aromatic carbocycles. The highest BCUT2D eigenvalue weighted by molar-refractivity contribution is 5.97. The number of hydroxylamine groups is 2. The van der Waals surface area contributed by atoms with Gasteiger partial charge in [-0.1, -0.05) is 12.1 Å². The van der Waals surface area contributed by atoms with Crippen LogP contribution in [0.3, 0.4) is 0 Å². The summed E-state index contributed by atoms with van der Waals surface area (Å²) in [6.07, 6.45) is 0.992. The highest BCUT2D eigenvalue weighted by Crippen LogP contribution is 2.26. The van der Waals surface area contributed by atoms with E-state index >= 15 is 0 Å². The van der Waals surface area contributed by atoms with Crippen molar-refractivity contribution in [2.45, 2.75) is 26.2 Å². The second-order valence-corrected chi connectivity index (χ2v) is 5.46. The van der Waals surface area contributed by atoms with Crippen LogP contribution in [0.25, 0.3) is 0 Å². The monoisotopic (exact) mass is 335 g/mol. The summed E-state index contributed by atoms with van der Waals surface area (Å²) >= 11 is 0. The summed E-state index contributed by atoms with van der Waals surface area (Å²) in [5.41, 5.74) is 0.796. The molecule has 0 atom stereocenters. The second kappa shape index (κ2) is 6.71. The van der Waals surface area contributed by atoms with Crippen LogP contribution in [0, 0.1) is 0 Å². The Kier molecular flexibility index (Phi) is 4.89. The zero-order chi connectivity index (χ0) is 17.9. The van der Waals surface area contributed by atoms with Crippen LogP contribution in [0.4, 0.5) is 0 Å². The molecule has 1 N–H and O–H groups in total. The molecule has 1 saturated heterocycles. The number of hydrogen-bond donors (Lipinski definition) is 1. The Morgan fingerprint density at radius 3 is 2.33 bits per heavy atom. The number of benzene rings is 1. The molecule has 0 bridgehead atoms. The molecule has 1 aromatic rings. The van der Waals surface area contributed by atoms with Crippen LogP contribution in [0.15, 0.2) is 36.1 Å². The third kappa shape index (κ3) is 4.11. The molecule has 1 fully saturated rings. The van der Waals surface area contributed by atoms with Crippen molar-refractivity contribution in [1.82, 2.24) is 5.06 Å². The number of amides is 1. The molecule has 1 amide bonds. The Labute approximate surface area is 138 Å². The number of carboxylic acid groups (broad SMARTS) is 1. The molecule has 0 unspecified atom stereocenters. The molecular formula is C16H17NO7. The summed E-state index contributed by atoms with van der Waals surface area (Å²) in [7, 11) is 1.31. The molecule has 1 aliphatic rings. The highest BCUT2D eigenvalue weighted by atomic mass is 16.8. The molecule has 128 valence electrons. The van der Waals surface area contributed by atoms with E-state index in [1.165, 1.54) is 19.2 Å². The van der Waals surface area contributed by atoms with Gasteiger partial charge in [0.05, 0.1) is 25.3 Å². The molecular weight excluding hydrogens is 318 g/mol. The van der Waals surface area contributed by atoms with Gasteiger partial charge in [-0.2, -0.15) is 0 Å². The predicted octanol–water partition coefficient (Wildman–Crippen LogP) is 1.47. The average molecular weight is 335 g/mol. The van der Waals surface area contributed by atoms with E-state index in [4.69, 9.17) is 19.4 Å². The molecule has 1 aliphatic heterocycles. The van der Waals surface area contributed by atoms with Crippen molar-refractivity contribution in [3.8, 4) is 0 Å². The van der Waals surface area contributed by atoms with Crippen LogP contribution in [0.2, 0.25) is 0 Å². The quantitative estimate of drug-likeness (QED) is 0.494. The molecule has 0 spiro atoms. The Morgan fingerprint density at radius 2 is 1.88 bits per heavy atom. The second-order valence-electron chi connectivity index (χ2n) is 5.46. The van der Waals surface area contributed by atoms with Gasteiger partial charge in [0.1, 0.15) is 0 Å². The number of carbonyl (C=O) groups is 3. The maximum atomic E-state index is 12.2. The van der Waals surface area contributed by atoms with Gasteiger partial charge in [0.15, 0.2) is 0 Å². The van der Waals surface area contributed by atoms with Gasteiger partial charge in [0.25, 0.3) is 5.91 Å². The lowest BCUT2D eigenvalue weighted by atomic mass is 10.1. The summed E-state index contributed by atoms with van der Waals surface area (Å²) < 4.78 is 10.2. The number of aromatic carboxylic acids is 1. The maximum absolute atomic E-state index is 12.2. The molecule has 0 aromatic heterocycles. The number of carboxylic acids is 1. The van der Waals surface area contributed by atoms with E-state index in [1.54, 1.807) is 26.0 Å². The Bertz CT molecular complexity index is 691. The van der Waals surface area contributed by atoms with Crippen LogP contribution < -0.4 is 0 Å². The van der Waals surface area contributed by atoms with Gasteiger partial charge in [-0.25, -0.2) is 14.7 Å².